The lowest BCUT2D eigenvalue weighted by atomic mass is 9.94. The first-order chi connectivity index (χ1) is 7.77. The van der Waals surface area contributed by atoms with Gasteiger partial charge >= 0.3 is 0 Å². The molecular weight excluding hydrogens is 218 g/mol. The highest BCUT2D eigenvalue weighted by molar-refractivity contribution is 7.08. The summed E-state index contributed by atoms with van der Waals surface area (Å²) in [6, 6.07) is 2.04. The van der Waals surface area contributed by atoms with Gasteiger partial charge in [0.2, 0.25) is 0 Å². The maximum atomic E-state index is 11.8. The summed E-state index contributed by atoms with van der Waals surface area (Å²) in [5, 5.41) is 6.87. The maximum Gasteiger partial charge on any atom is 0.252 e. The topological polar surface area (TPSA) is 29.1 Å². The van der Waals surface area contributed by atoms with Crippen LogP contribution >= 0.6 is 11.3 Å². The fourth-order valence-corrected chi connectivity index (χ4v) is 2.66. The number of carbonyl (C=O) groups is 1. The van der Waals surface area contributed by atoms with Crippen LogP contribution < -0.4 is 5.32 Å². The molecule has 0 radical (unpaired) electrons. The molecule has 0 saturated carbocycles. The zero-order valence-electron chi connectivity index (χ0n) is 9.53. The standard InChI is InChI=1S/C13H17NOS/c1-10(11-5-3-2-4-6-11)14-13(15)12-7-8-16-9-12/h5,7-10H,2-4,6H2,1H3,(H,14,15)/t10-/m0/s1. The van der Waals surface area contributed by atoms with E-state index in [1.807, 2.05) is 16.8 Å². The SMILES string of the molecule is C[C@H](NC(=O)c1ccsc1)C1=CCCCC1. The van der Waals surface area contributed by atoms with Gasteiger partial charge in [-0.05, 0) is 44.1 Å². The molecule has 86 valence electrons. The Bertz CT molecular complexity index is 381. The Morgan fingerprint density at radius 2 is 2.38 bits per heavy atom. The monoisotopic (exact) mass is 235 g/mol. The van der Waals surface area contributed by atoms with Crippen molar-refractivity contribution in [2.75, 3.05) is 0 Å². The molecule has 1 aliphatic rings. The summed E-state index contributed by atoms with van der Waals surface area (Å²) in [5.74, 6) is 0.0419. The quantitative estimate of drug-likeness (QED) is 0.800. The molecule has 0 saturated heterocycles. The molecule has 1 aromatic rings. The van der Waals surface area contributed by atoms with Crippen LogP contribution in [0.25, 0.3) is 0 Å². The molecule has 1 amide bonds. The van der Waals surface area contributed by atoms with E-state index < -0.39 is 0 Å². The zero-order chi connectivity index (χ0) is 11.4. The lowest BCUT2D eigenvalue weighted by Gasteiger charge is -2.20. The first kappa shape index (κ1) is 11.4. The van der Waals surface area contributed by atoms with Gasteiger partial charge in [0, 0.05) is 11.4 Å². The molecule has 0 bridgehead atoms. The summed E-state index contributed by atoms with van der Waals surface area (Å²) in [6.45, 7) is 2.07. The van der Waals surface area contributed by atoms with Gasteiger partial charge in [0.05, 0.1) is 5.56 Å². The third-order valence-electron chi connectivity index (χ3n) is 3.01. The van der Waals surface area contributed by atoms with Crippen molar-refractivity contribution in [3.05, 3.63) is 34.0 Å². The van der Waals surface area contributed by atoms with Gasteiger partial charge in [-0.1, -0.05) is 11.6 Å². The predicted molar refractivity (Wildman–Crippen MR) is 67.8 cm³/mol. The molecule has 0 spiro atoms. The van der Waals surface area contributed by atoms with Crippen LogP contribution in [0.4, 0.5) is 0 Å². The van der Waals surface area contributed by atoms with E-state index in [1.165, 1.54) is 18.4 Å². The van der Waals surface area contributed by atoms with Gasteiger partial charge < -0.3 is 5.32 Å². The lowest BCUT2D eigenvalue weighted by molar-refractivity contribution is 0.0945. The Morgan fingerprint density at radius 1 is 1.50 bits per heavy atom. The predicted octanol–water partition coefficient (Wildman–Crippen LogP) is 3.37. The number of allylic oxidation sites excluding steroid dienone is 1. The molecule has 0 aromatic carbocycles. The first-order valence-corrected chi connectivity index (χ1v) is 6.73. The number of thiophene rings is 1. The number of nitrogens with one attached hydrogen (secondary N) is 1. The van der Waals surface area contributed by atoms with E-state index in [4.69, 9.17) is 0 Å². The van der Waals surface area contributed by atoms with Crippen LogP contribution in [-0.4, -0.2) is 11.9 Å². The molecule has 0 fully saturated rings. The summed E-state index contributed by atoms with van der Waals surface area (Å²) in [5.41, 5.74) is 2.16. The molecule has 1 N–H and O–H groups in total. The Morgan fingerprint density at radius 3 is 3.00 bits per heavy atom. The normalized spacial score (nSPS) is 17.7. The Labute approximate surface area is 100 Å². The molecule has 3 heteroatoms. The van der Waals surface area contributed by atoms with Gasteiger partial charge in [0.1, 0.15) is 0 Å². The summed E-state index contributed by atoms with van der Waals surface area (Å²) in [4.78, 5) is 11.8. The van der Waals surface area contributed by atoms with Gasteiger partial charge in [-0.3, -0.25) is 4.79 Å². The minimum Gasteiger partial charge on any atom is -0.346 e. The molecule has 0 aliphatic heterocycles. The third-order valence-corrected chi connectivity index (χ3v) is 3.70. The smallest absolute Gasteiger partial charge is 0.252 e. The summed E-state index contributed by atoms with van der Waals surface area (Å²) in [7, 11) is 0. The number of amides is 1. The molecule has 0 unspecified atom stereocenters. The summed E-state index contributed by atoms with van der Waals surface area (Å²) < 4.78 is 0. The van der Waals surface area contributed by atoms with E-state index in [1.54, 1.807) is 11.3 Å². The second-order valence-electron chi connectivity index (χ2n) is 4.23. The molecule has 2 nitrogen and oxygen atoms in total. The summed E-state index contributed by atoms with van der Waals surface area (Å²) >= 11 is 1.56. The highest BCUT2D eigenvalue weighted by Gasteiger charge is 2.14. The highest BCUT2D eigenvalue weighted by Crippen LogP contribution is 2.20. The van der Waals surface area contributed by atoms with Crippen LogP contribution in [0.1, 0.15) is 43.0 Å². The van der Waals surface area contributed by atoms with E-state index in [0.29, 0.717) is 0 Å². The summed E-state index contributed by atoms with van der Waals surface area (Å²) in [6.07, 6.45) is 7.11. The Kier molecular flexibility index (Phi) is 3.78. The minimum absolute atomic E-state index is 0.0419. The van der Waals surface area contributed by atoms with Gasteiger partial charge in [0.15, 0.2) is 0 Å². The third kappa shape index (κ3) is 2.73. The van der Waals surface area contributed by atoms with Crippen molar-refractivity contribution in [3.63, 3.8) is 0 Å². The van der Waals surface area contributed by atoms with Crippen LogP contribution in [0, 0.1) is 0 Å². The Hall–Kier alpha value is -1.09. The van der Waals surface area contributed by atoms with Crippen molar-refractivity contribution >= 4 is 17.2 Å². The van der Waals surface area contributed by atoms with E-state index in [9.17, 15) is 4.79 Å². The van der Waals surface area contributed by atoms with Crippen LogP contribution in [0.2, 0.25) is 0 Å². The van der Waals surface area contributed by atoms with Crippen LogP contribution in [0.15, 0.2) is 28.5 Å². The maximum absolute atomic E-state index is 11.8. The van der Waals surface area contributed by atoms with Crippen molar-refractivity contribution in [3.8, 4) is 0 Å². The van der Waals surface area contributed by atoms with Crippen molar-refractivity contribution < 1.29 is 4.79 Å². The van der Waals surface area contributed by atoms with Crippen LogP contribution in [-0.2, 0) is 0 Å². The fraction of sp³-hybridized carbons (Fsp3) is 0.462. The zero-order valence-corrected chi connectivity index (χ0v) is 10.3. The minimum atomic E-state index is 0.0419. The molecule has 1 heterocycles. The average Bonchev–Trinajstić information content (AvgIpc) is 2.83. The Balaban J connectivity index is 1.94. The number of hydrogen-bond acceptors (Lipinski definition) is 2. The fourth-order valence-electron chi connectivity index (χ4n) is 2.02. The number of carbonyl (C=O) groups excluding carboxylic acids is 1. The van der Waals surface area contributed by atoms with E-state index >= 15 is 0 Å². The second kappa shape index (κ2) is 5.30. The first-order valence-electron chi connectivity index (χ1n) is 5.79. The van der Waals surface area contributed by atoms with E-state index in [2.05, 4.69) is 18.3 Å². The van der Waals surface area contributed by atoms with Crippen LogP contribution in [0.5, 0.6) is 0 Å². The number of hydrogen-bond donors (Lipinski definition) is 1. The van der Waals surface area contributed by atoms with Gasteiger partial charge in [-0.2, -0.15) is 11.3 Å². The van der Waals surface area contributed by atoms with Crippen molar-refractivity contribution in [2.45, 2.75) is 38.6 Å². The average molecular weight is 235 g/mol. The largest absolute Gasteiger partial charge is 0.346 e. The van der Waals surface area contributed by atoms with Gasteiger partial charge in [0.25, 0.3) is 5.91 Å². The molecule has 16 heavy (non-hydrogen) atoms. The molecule has 1 aliphatic carbocycles. The molecule has 2 rings (SSSR count). The second-order valence-corrected chi connectivity index (χ2v) is 5.01. The lowest BCUT2D eigenvalue weighted by Crippen LogP contribution is -2.34. The van der Waals surface area contributed by atoms with Crippen molar-refractivity contribution in [1.29, 1.82) is 0 Å². The molecular formula is C13H17NOS. The highest BCUT2D eigenvalue weighted by atomic mass is 32.1. The van der Waals surface area contributed by atoms with E-state index in [0.717, 1.165) is 18.4 Å². The van der Waals surface area contributed by atoms with Crippen LogP contribution in [0.3, 0.4) is 0 Å². The van der Waals surface area contributed by atoms with Gasteiger partial charge in [-0.25, -0.2) is 0 Å². The van der Waals surface area contributed by atoms with Crippen molar-refractivity contribution in [2.24, 2.45) is 0 Å². The van der Waals surface area contributed by atoms with Gasteiger partial charge in [-0.15, -0.1) is 0 Å². The molecule has 1 aromatic heterocycles. The van der Waals surface area contributed by atoms with E-state index in [-0.39, 0.29) is 11.9 Å². The number of rotatable bonds is 3. The van der Waals surface area contributed by atoms with Crippen molar-refractivity contribution in [1.82, 2.24) is 5.32 Å². The molecule has 1 atom stereocenters.